The quantitative estimate of drug-likeness (QED) is 0.294. The minimum Gasteiger partial charge on any atom is -0.383 e. The first-order valence-corrected chi connectivity index (χ1v) is 12.7. The van der Waals surface area contributed by atoms with Crippen molar-refractivity contribution < 1.29 is 35.3 Å². The Balaban J connectivity index is 1.81. The van der Waals surface area contributed by atoms with E-state index in [-0.39, 0.29) is 42.7 Å². The van der Waals surface area contributed by atoms with Gasteiger partial charge in [0.25, 0.3) is 21.8 Å². The minimum absolute atomic E-state index is 0.0209. The number of benzene rings is 1. The maximum Gasteiger partial charge on any atom is 0.299 e. The molecule has 0 radical (unpaired) electrons. The van der Waals surface area contributed by atoms with Crippen molar-refractivity contribution in [3.05, 3.63) is 23.8 Å². The molecule has 30 heavy (non-hydrogen) atoms. The molecule has 0 aliphatic carbocycles. The number of methoxy groups -OCH3 is 1. The number of ketones is 1. The predicted octanol–water partition coefficient (Wildman–Crippen LogP) is 0.382. The smallest absolute Gasteiger partial charge is 0.299 e. The molecule has 2 aliphatic rings. The van der Waals surface area contributed by atoms with Gasteiger partial charge in [-0.2, -0.15) is 12.7 Å². The SMILES string of the molecule is COC[C@@H]1CCCN1S(=O)(=O)c1ccc2c(c1)C(=O)C(=O)N2CCCOS(C)(=O)=O. The zero-order valence-corrected chi connectivity index (χ0v) is 18.4. The van der Waals surface area contributed by atoms with Crippen LogP contribution in [0.2, 0.25) is 0 Å². The van der Waals surface area contributed by atoms with Gasteiger partial charge in [-0.3, -0.25) is 13.8 Å². The fraction of sp³-hybridized carbons (Fsp3) is 0.556. The van der Waals surface area contributed by atoms with Gasteiger partial charge in [-0.15, -0.1) is 0 Å². The van der Waals surface area contributed by atoms with Gasteiger partial charge in [-0.05, 0) is 37.5 Å². The van der Waals surface area contributed by atoms with Crippen LogP contribution in [0.3, 0.4) is 0 Å². The molecule has 2 heterocycles. The first-order chi connectivity index (χ1) is 14.1. The summed E-state index contributed by atoms with van der Waals surface area (Å²) in [7, 11) is -5.92. The molecule has 166 valence electrons. The van der Waals surface area contributed by atoms with Crippen LogP contribution in [-0.2, 0) is 33.9 Å². The maximum atomic E-state index is 13.1. The number of anilines is 1. The third-order valence-corrected chi connectivity index (χ3v) is 7.60. The van der Waals surface area contributed by atoms with Gasteiger partial charge in [0.1, 0.15) is 0 Å². The summed E-state index contributed by atoms with van der Waals surface area (Å²) >= 11 is 0. The van der Waals surface area contributed by atoms with Gasteiger partial charge < -0.3 is 9.64 Å². The lowest BCUT2D eigenvalue weighted by atomic mass is 10.1. The third-order valence-electron chi connectivity index (χ3n) is 5.06. The second kappa shape index (κ2) is 8.71. The zero-order chi connectivity index (χ0) is 22.1. The van der Waals surface area contributed by atoms with E-state index in [2.05, 4.69) is 4.18 Å². The maximum absolute atomic E-state index is 13.1. The second-order valence-corrected chi connectivity index (χ2v) is 10.7. The third kappa shape index (κ3) is 4.57. The second-order valence-electron chi connectivity index (χ2n) is 7.21. The number of sulfonamides is 1. The lowest BCUT2D eigenvalue weighted by molar-refractivity contribution is -0.114. The van der Waals surface area contributed by atoms with Crippen LogP contribution in [0.5, 0.6) is 0 Å². The van der Waals surface area contributed by atoms with Gasteiger partial charge in [0.15, 0.2) is 0 Å². The van der Waals surface area contributed by atoms with E-state index in [1.165, 1.54) is 34.5 Å². The highest BCUT2D eigenvalue weighted by atomic mass is 32.2. The average molecular weight is 461 g/mol. The van der Waals surface area contributed by atoms with E-state index < -0.39 is 31.8 Å². The summed E-state index contributed by atoms with van der Waals surface area (Å²) in [6.07, 6.45) is 2.53. The number of nitrogens with zero attached hydrogens (tertiary/aromatic N) is 2. The largest absolute Gasteiger partial charge is 0.383 e. The summed E-state index contributed by atoms with van der Waals surface area (Å²) in [5, 5.41) is 0. The Hall–Kier alpha value is -1.86. The Labute approximate surface area is 175 Å². The average Bonchev–Trinajstić information content (AvgIpc) is 3.23. The Bertz CT molecular complexity index is 1050. The summed E-state index contributed by atoms with van der Waals surface area (Å²) in [6, 6.07) is 3.78. The molecule has 1 atom stereocenters. The number of amides is 1. The van der Waals surface area contributed by atoms with Gasteiger partial charge in [0.2, 0.25) is 10.0 Å². The monoisotopic (exact) mass is 460 g/mol. The van der Waals surface area contributed by atoms with E-state index in [1.54, 1.807) is 0 Å². The van der Waals surface area contributed by atoms with Crippen LogP contribution in [0, 0.1) is 0 Å². The van der Waals surface area contributed by atoms with E-state index in [1.807, 2.05) is 0 Å². The number of hydrogen-bond acceptors (Lipinski definition) is 8. The molecule has 1 aromatic carbocycles. The zero-order valence-electron chi connectivity index (χ0n) is 16.7. The van der Waals surface area contributed by atoms with Crippen LogP contribution >= 0.6 is 0 Å². The molecule has 0 aromatic heterocycles. The summed E-state index contributed by atoms with van der Waals surface area (Å²) in [6.45, 7) is 0.591. The van der Waals surface area contributed by atoms with Crippen molar-refractivity contribution in [2.75, 3.05) is 44.6 Å². The molecule has 0 spiro atoms. The first-order valence-electron chi connectivity index (χ1n) is 9.41. The molecule has 0 unspecified atom stereocenters. The number of Topliss-reactive ketones (excluding diaryl/α,β-unsaturated/α-hetero) is 1. The van der Waals surface area contributed by atoms with Gasteiger partial charge in [-0.1, -0.05) is 0 Å². The molecule has 1 saturated heterocycles. The van der Waals surface area contributed by atoms with Crippen molar-refractivity contribution in [2.45, 2.75) is 30.2 Å². The van der Waals surface area contributed by atoms with Crippen molar-refractivity contribution in [2.24, 2.45) is 0 Å². The first kappa shape index (κ1) is 22.8. The molecule has 2 aliphatic heterocycles. The van der Waals surface area contributed by atoms with Crippen LogP contribution in [0.25, 0.3) is 0 Å². The highest BCUT2D eigenvalue weighted by Gasteiger charge is 2.39. The predicted molar refractivity (Wildman–Crippen MR) is 107 cm³/mol. The molecule has 1 amide bonds. The molecular formula is C18H24N2O8S2. The highest BCUT2D eigenvalue weighted by molar-refractivity contribution is 7.89. The summed E-state index contributed by atoms with van der Waals surface area (Å²) in [5.74, 6) is -1.57. The fourth-order valence-electron chi connectivity index (χ4n) is 3.71. The standard InChI is InChI=1S/C18H24N2O8S2/c1-27-12-13-5-3-9-20(13)30(25,26)14-6-7-16-15(11-14)17(21)18(22)19(16)8-4-10-28-29(2,23)24/h6-7,11,13H,3-5,8-10,12H2,1-2H3/t13-/m0/s1. The summed E-state index contributed by atoms with van der Waals surface area (Å²) < 4.78 is 59.3. The Morgan fingerprint density at radius 3 is 2.57 bits per heavy atom. The molecule has 3 rings (SSSR count). The minimum atomic E-state index is -3.84. The Kier molecular flexibility index (Phi) is 6.63. The van der Waals surface area contributed by atoms with Crippen molar-refractivity contribution in [3.8, 4) is 0 Å². The topological polar surface area (TPSA) is 127 Å². The van der Waals surface area contributed by atoms with E-state index in [0.29, 0.717) is 18.7 Å². The number of ether oxygens (including phenoxy) is 1. The van der Waals surface area contributed by atoms with Gasteiger partial charge in [0.05, 0.1) is 35.6 Å². The number of carbonyl (C=O) groups excluding carboxylic acids is 2. The van der Waals surface area contributed by atoms with Gasteiger partial charge in [-0.25, -0.2) is 8.42 Å². The van der Waals surface area contributed by atoms with E-state index in [0.717, 1.165) is 12.7 Å². The van der Waals surface area contributed by atoms with E-state index in [4.69, 9.17) is 4.74 Å². The summed E-state index contributed by atoms with van der Waals surface area (Å²) in [4.78, 5) is 25.9. The lowest BCUT2D eigenvalue weighted by Gasteiger charge is -2.24. The number of hydrogen-bond donors (Lipinski definition) is 0. The number of fused-ring (bicyclic) bond motifs is 1. The van der Waals surface area contributed by atoms with Gasteiger partial charge in [0, 0.05) is 26.2 Å². The van der Waals surface area contributed by atoms with E-state index >= 15 is 0 Å². The molecule has 0 bridgehead atoms. The van der Waals surface area contributed by atoms with Crippen molar-refractivity contribution in [1.82, 2.24) is 4.31 Å². The van der Waals surface area contributed by atoms with Crippen molar-refractivity contribution >= 4 is 37.5 Å². The molecule has 0 saturated carbocycles. The van der Waals surface area contributed by atoms with Crippen LogP contribution in [0.15, 0.2) is 23.1 Å². The van der Waals surface area contributed by atoms with Crippen LogP contribution in [0.4, 0.5) is 5.69 Å². The molecule has 1 fully saturated rings. The van der Waals surface area contributed by atoms with Crippen LogP contribution in [0.1, 0.15) is 29.6 Å². The lowest BCUT2D eigenvalue weighted by Crippen LogP contribution is -2.38. The Morgan fingerprint density at radius 2 is 1.90 bits per heavy atom. The Morgan fingerprint density at radius 1 is 1.17 bits per heavy atom. The van der Waals surface area contributed by atoms with E-state index in [9.17, 15) is 26.4 Å². The van der Waals surface area contributed by atoms with Crippen LogP contribution < -0.4 is 4.90 Å². The number of carbonyl (C=O) groups is 2. The highest BCUT2D eigenvalue weighted by Crippen LogP contribution is 2.33. The van der Waals surface area contributed by atoms with Crippen LogP contribution in [-0.4, -0.2) is 78.5 Å². The number of rotatable bonds is 9. The summed E-state index contributed by atoms with van der Waals surface area (Å²) in [5.41, 5.74) is 0.325. The molecule has 1 aromatic rings. The van der Waals surface area contributed by atoms with Gasteiger partial charge >= 0.3 is 0 Å². The molecule has 10 nitrogen and oxygen atoms in total. The normalized spacial score (nSPS) is 20.2. The van der Waals surface area contributed by atoms with Crippen molar-refractivity contribution in [3.63, 3.8) is 0 Å². The van der Waals surface area contributed by atoms with Crippen molar-refractivity contribution in [1.29, 1.82) is 0 Å². The fourth-order valence-corrected chi connectivity index (χ4v) is 5.84. The molecule has 0 N–H and O–H groups in total. The molecule has 12 heteroatoms. The molecular weight excluding hydrogens is 436 g/mol.